The van der Waals surface area contributed by atoms with E-state index in [0.29, 0.717) is 5.75 Å². The summed E-state index contributed by atoms with van der Waals surface area (Å²) < 4.78 is 22.5. The molecule has 0 radical (unpaired) electrons. The lowest BCUT2D eigenvalue weighted by molar-refractivity contribution is 0.210. The molecule has 1 atom stereocenters. The van der Waals surface area contributed by atoms with Gasteiger partial charge in [-0.05, 0) is 32.4 Å². The Kier molecular flexibility index (Phi) is 5.02. The van der Waals surface area contributed by atoms with Crippen molar-refractivity contribution in [3.05, 3.63) is 0 Å². The van der Waals surface area contributed by atoms with Crippen molar-refractivity contribution in [3.63, 3.8) is 0 Å². The summed E-state index contributed by atoms with van der Waals surface area (Å²) >= 11 is 0. The molecule has 0 bridgehead atoms. The van der Waals surface area contributed by atoms with Gasteiger partial charge in [-0.1, -0.05) is 6.92 Å². The van der Waals surface area contributed by atoms with E-state index in [2.05, 4.69) is 4.90 Å². The predicted octanol–water partition coefficient (Wildman–Crippen LogP) is 0.234. The Morgan fingerprint density at radius 1 is 1.47 bits per heavy atom. The van der Waals surface area contributed by atoms with Gasteiger partial charge in [0.2, 0.25) is 0 Å². The van der Waals surface area contributed by atoms with E-state index in [1.54, 1.807) is 6.92 Å². The molecule has 1 saturated heterocycles. The summed E-state index contributed by atoms with van der Waals surface area (Å²) in [7, 11) is -2.79. The zero-order chi connectivity index (χ0) is 11.3. The lowest BCUT2D eigenvalue weighted by Crippen LogP contribution is -2.43. The van der Waals surface area contributed by atoms with Crippen molar-refractivity contribution in [2.45, 2.75) is 32.2 Å². The van der Waals surface area contributed by atoms with Gasteiger partial charge in [-0.15, -0.1) is 0 Å². The van der Waals surface area contributed by atoms with Crippen LogP contribution in [0.2, 0.25) is 0 Å². The predicted molar refractivity (Wildman–Crippen MR) is 62.6 cm³/mol. The zero-order valence-corrected chi connectivity index (χ0v) is 10.3. The van der Waals surface area contributed by atoms with Crippen LogP contribution in [0.5, 0.6) is 0 Å². The second kappa shape index (κ2) is 5.82. The van der Waals surface area contributed by atoms with Crippen LogP contribution in [-0.4, -0.2) is 50.5 Å². The van der Waals surface area contributed by atoms with Crippen molar-refractivity contribution < 1.29 is 8.42 Å². The van der Waals surface area contributed by atoms with Crippen LogP contribution in [0.3, 0.4) is 0 Å². The normalized spacial score (nSPS) is 24.3. The van der Waals surface area contributed by atoms with E-state index in [-0.39, 0.29) is 11.8 Å². The smallest absolute Gasteiger partial charge is 0.150 e. The maximum Gasteiger partial charge on any atom is 0.150 e. The molecule has 0 aliphatic carbocycles. The first kappa shape index (κ1) is 12.9. The van der Waals surface area contributed by atoms with Crippen LogP contribution in [-0.2, 0) is 9.84 Å². The molecule has 4 nitrogen and oxygen atoms in total. The van der Waals surface area contributed by atoms with Crippen LogP contribution in [0.15, 0.2) is 0 Å². The lowest BCUT2D eigenvalue weighted by Gasteiger charge is -2.30. The van der Waals surface area contributed by atoms with Gasteiger partial charge in [0, 0.05) is 18.3 Å². The Bertz CT molecular complexity index is 277. The van der Waals surface area contributed by atoms with E-state index < -0.39 is 9.84 Å². The SMILES string of the molecule is CCS(=O)(=O)CCCN1CCC[C@@H](N)C1. The molecule has 0 saturated carbocycles. The molecule has 1 aliphatic rings. The average Bonchev–Trinajstić information content (AvgIpc) is 2.18. The molecule has 5 heteroatoms. The fourth-order valence-corrected chi connectivity index (χ4v) is 2.80. The van der Waals surface area contributed by atoms with Crippen molar-refractivity contribution in [1.29, 1.82) is 0 Å². The third-order valence-corrected chi connectivity index (χ3v) is 4.70. The molecule has 1 fully saturated rings. The van der Waals surface area contributed by atoms with Crippen molar-refractivity contribution in [3.8, 4) is 0 Å². The van der Waals surface area contributed by atoms with Gasteiger partial charge in [0.05, 0.1) is 5.75 Å². The highest BCUT2D eigenvalue weighted by atomic mass is 32.2. The molecular formula is C10H22N2O2S. The quantitative estimate of drug-likeness (QED) is 0.740. The van der Waals surface area contributed by atoms with Gasteiger partial charge in [-0.25, -0.2) is 8.42 Å². The van der Waals surface area contributed by atoms with Crippen LogP contribution in [0.4, 0.5) is 0 Å². The molecule has 1 aliphatic heterocycles. The minimum Gasteiger partial charge on any atom is -0.327 e. The molecular weight excluding hydrogens is 212 g/mol. The van der Waals surface area contributed by atoms with Gasteiger partial charge in [0.15, 0.2) is 0 Å². The highest BCUT2D eigenvalue weighted by molar-refractivity contribution is 7.91. The second-order valence-corrected chi connectivity index (χ2v) is 6.77. The molecule has 0 aromatic rings. The van der Waals surface area contributed by atoms with E-state index in [9.17, 15) is 8.42 Å². The molecule has 0 aromatic carbocycles. The highest BCUT2D eigenvalue weighted by Gasteiger charge is 2.16. The van der Waals surface area contributed by atoms with Gasteiger partial charge in [-0.3, -0.25) is 0 Å². The minimum atomic E-state index is -2.79. The van der Waals surface area contributed by atoms with Crippen LogP contribution >= 0.6 is 0 Å². The van der Waals surface area contributed by atoms with Crippen molar-refractivity contribution in [2.24, 2.45) is 5.73 Å². The second-order valence-electron chi connectivity index (χ2n) is 4.29. The van der Waals surface area contributed by atoms with Crippen molar-refractivity contribution >= 4 is 9.84 Å². The molecule has 0 amide bonds. The van der Waals surface area contributed by atoms with Crippen LogP contribution in [0, 0.1) is 0 Å². The monoisotopic (exact) mass is 234 g/mol. The Morgan fingerprint density at radius 3 is 2.80 bits per heavy atom. The first-order valence-corrected chi connectivity index (χ1v) is 7.54. The molecule has 90 valence electrons. The average molecular weight is 234 g/mol. The van der Waals surface area contributed by atoms with Crippen molar-refractivity contribution in [2.75, 3.05) is 31.1 Å². The Hall–Kier alpha value is -0.130. The van der Waals surface area contributed by atoms with Gasteiger partial charge >= 0.3 is 0 Å². The molecule has 1 rings (SSSR count). The van der Waals surface area contributed by atoms with Gasteiger partial charge in [0.25, 0.3) is 0 Å². The molecule has 15 heavy (non-hydrogen) atoms. The Labute approximate surface area is 92.7 Å². The summed E-state index contributed by atoms with van der Waals surface area (Å²) in [5, 5.41) is 0. The summed E-state index contributed by atoms with van der Waals surface area (Å²) in [6.45, 7) is 4.56. The van der Waals surface area contributed by atoms with Crippen molar-refractivity contribution in [1.82, 2.24) is 4.90 Å². The van der Waals surface area contributed by atoms with Gasteiger partial charge in [-0.2, -0.15) is 0 Å². The fourth-order valence-electron chi connectivity index (χ4n) is 1.95. The first-order chi connectivity index (χ1) is 7.03. The maximum atomic E-state index is 11.3. The number of piperidine rings is 1. The molecule has 1 heterocycles. The molecule has 0 aromatic heterocycles. The Morgan fingerprint density at radius 2 is 2.20 bits per heavy atom. The summed E-state index contributed by atoms with van der Waals surface area (Å²) in [5.41, 5.74) is 5.85. The van der Waals surface area contributed by atoms with Crippen LogP contribution in [0.25, 0.3) is 0 Å². The van der Waals surface area contributed by atoms with E-state index >= 15 is 0 Å². The Balaban J connectivity index is 2.20. The summed E-state index contributed by atoms with van der Waals surface area (Å²) in [4.78, 5) is 2.28. The van der Waals surface area contributed by atoms with E-state index in [0.717, 1.165) is 38.9 Å². The van der Waals surface area contributed by atoms with E-state index in [1.807, 2.05) is 0 Å². The van der Waals surface area contributed by atoms with Crippen LogP contribution < -0.4 is 5.73 Å². The zero-order valence-electron chi connectivity index (χ0n) is 9.48. The van der Waals surface area contributed by atoms with E-state index in [1.165, 1.54) is 0 Å². The number of sulfone groups is 1. The number of nitrogens with zero attached hydrogens (tertiary/aromatic N) is 1. The number of nitrogens with two attached hydrogens (primary N) is 1. The topological polar surface area (TPSA) is 63.4 Å². The number of likely N-dealkylation sites (tertiary alicyclic amines) is 1. The van der Waals surface area contributed by atoms with Gasteiger partial charge < -0.3 is 10.6 Å². The number of hydrogen-bond acceptors (Lipinski definition) is 4. The largest absolute Gasteiger partial charge is 0.327 e. The lowest BCUT2D eigenvalue weighted by atomic mass is 10.1. The molecule has 2 N–H and O–H groups in total. The van der Waals surface area contributed by atoms with Crippen LogP contribution in [0.1, 0.15) is 26.2 Å². The third kappa shape index (κ3) is 4.95. The number of hydrogen-bond donors (Lipinski definition) is 1. The first-order valence-electron chi connectivity index (χ1n) is 5.72. The molecule has 0 spiro atoms. The standard InChI is InChI=1S/C10H22N2O2S/c1-2-15(13,14)8-4-7-12-6-3-5-10(11)9-12/h10H,2-9,11H2,1H3/t10-/m1/s1. The minimum absolute atomic E-state index is 0.256. The summed E-state index contributed by atoms with van der Waals surface area (Å²) in [5.74, 6) is 0.571. The third-order valence-electron chi connectivity index (χ3n) is 2.91. The van der Waals surface area contributed by atoms with E-state index in [4.69, 9.17) is 5.73 Å². The summed E-state index contributed by atoms with van der Waals surface area (Å²) in [6, 6.07) is 0.279. The molecule has 0 unspecified atom stereocenters. The fraction of sp³-hybridized carbons (Fsp3) is 1.00. The number of rotatable bonds is 5. The maximum absolute atomic E-state index is 11.3. The summed E-state index contributed by atoms with van der Waals surface area (Å²) in [6.07, 6.45) is 2.98. The highest BCUT2D eigenvalue weighted by Crippen LogP contribution is 2.08. The van der Waals surface area contributed by atoms with Gasteiger partial charge in [0.1, 0.15) is 9.84 Å².